The van der Waals surface area contributed by atoms with Crippen molar-refractivity contribution in [2.45, 2.75) is 39.5 Å². The van der Waals surface area contributed by atoms with E-state index < -0.39 is 0 Å². The Morgan fingerprint density at radius 1 is 1.15 bits per heavy atom. The van der Waals surface area contributed by atoms with Gasteiger partial charge in [0.15, 0.2) is 11.5 Å². The summed E-state index contributed by atoms with van der Waals surface area (Å²) in [7, 11) is 3.12. The van der Waals surface area contributed by atoms with Crippen LogP contribution in [-0.4, -0.2) is 37.6 Å². The zero-order chi connectivity index (χ0) is 19.1. The molecule has 1 aliphatic heterocycles. The van der Waals surface area contributed by atoms with Crippen molar-refractivity contribution >= 4 is 18.0 Å². The van der Waals surface area contributed by atoms with Crippen LogP contribution in [0.5, 0.6) is 11.5 Å². The maximum Gasteiger partial charge on any atom is 0.329 e. The van der Waals surface area contributed by atoms with Crippen molar-refractivity contribution < 1.29 is 19.1 Å². The first-order valence-corrected chi connectivity index (χ1v) is 9.10. The van der Waals surface area contributed by atoms with Gasteiger partial charge < -0.3 is 14.8 Å². The molecule has 1 aromatic carbocycles. The number of carbonyl (C=O) groups is 2. The van der Waals surface area contributed by atoms with E-state index in [2.05, 4.69) is 19.2 Å². The van der Waals surface area contributed by atoms with Crippen molar-refractivity contribution in [2.75, 3.05) is 20.8 Å². The highest BCUT2D eigenvalue weighted by molar-refractivity contribution is 6.14. The summed E-state index contributed by atoms with van der Waals surface area (Å²) in [6, 6.07) is 5.00. The lowest BCUT2D eigenvalue weighted by molar-refractivity contribution is -0.123. The fourth-order valence-electron chi connectivity index (χ4n) is 3.02. The Hall–Kier alpha value is -2.50. The first kappa shape index (κ1) is 19.8. The van der Waals surface area contributed by atoms with E-state index in [0.717, 1.165) is 31.2 Å². The molecule has 1 N–H and O–H groups in total. The van der Waals surface area contributed by atoms with Crippen LogP contribution in [0.25, 0.3) is 6.08 Å². The standard InChI is InChI=1S/C20H28N2O4/c1-5-7-8-14(6-2)13-22-19(23)16(21-20(22)24)11-15-9-10-17(25-3)18(12-15)26-4/h9-12,14H,5-8,13H2,1-4H3,(H,21,24). The average molecular weight is 360 g/mol. The first-order chi connectivity index (χ1) is 12.5. The van der Waals surface area contributed by atoms with Crippen LogP contribution in [0, 0.1) is 5.92 Å². The molecular formula is C20H28N2O4. The van der Waals surface area contributed by atoms with Gasteiger partial charge in [-0.3, -0.25) is 9.69 Å². The predicted octanol–water partition coefficient (Wildman–Crippen LogP) is 3.81. The third kappa shape index (κ3) is 4.56. The molecule has 6 nitrogen and oxygen atoms in total. The van der Waals surface area contributed by atoms with E-state index in [4.69, 9.17) is 9.47 Å². The van der Waals surface area contributed by atoms with Crippen LogP contribution in [0.4, 0.5) is 4.79 Å². The van der Waals surface area contributed by atoms with Crippen molar-refractivity contribution in [1.29, 1.82) is 0 Å². The summed E-state index contributed by atoms with van der Waals surface area (Å²) in [5.74, 6) is 1.24. The minimum Gasteiger partial charge on any atom is -0.493 e. The Kier molecular flexibility index (Phi) is 7.06. The van der Waals surface area contributed by atoms with Gasteiger partial charge >= 0.3 is 6.03 Å². The van der Waals surface area contributed by atoms with Gasteiger partial charge in [0.2, 0.25) is 0 Å². The molecule has 1 unspecified atom stereocenters. The van der Waals surface area contributed by atoms with Crippen LogP contribution in [0.3, 0.4) is 0 Å². The Morgan fingerprint density at radius 2 is 1.88 bits per heavy atom. The number of carbonyl (C=O) groups excluding carboxylic acids is 2. The molecule has 26 heavy (non-hydrogen) atoms. The molecule has 0 aromatic heterocycles. The number of rotatable bonds is 9. The molecule has 3 amide bonds. The number of unbranched alkanes of at least 4 members (excludes halogenated alkanes) is 1. The molecule has 1 atom stereocenters. The molecule has 2 rings (SSSR count). The molecule has 1 aromatic rings. The molecule has 6 heteroatoms. The zero-order valence-corrected chi connectivity index (χ0v) is 16.0. The number of urea groups is 1. The Balaban J connectivity index is 2.15. The number of amides is 3. The van der Waals surface area contributed by atoms with E-state index in [9.17, 15) is 9.59 Å². The number of hydrogen-bond acceptors (Lipinski definition) is 4. The van der Waals surface area contributed by atoms with Crippen molar-refractivity contribution in [3.05, 3.63) is 29.5 Å². The Morgan fingerprint density at radius 3 is 2.50 bits per heavy atom. The van der Waals surface area contributed by atoms with E-state index >= 15 is 0 Å². The lowest BCUT2D eigenvalue weighted by Gasteiger charge is -2.20. The van der Waals surface area contributed by atoms with Crippen molar-refractivity contribution in [3.63, 3.8) is 0 Å². The molecule has 1 aliphatic rings. The molecular weight excluding hydrogens is 332 g/mol. The molecule has 0 aliphatic carbocycles. The van der Waals surface area contributed by atoms with Gasteiger partial charge in [0.1, 0.15) is 5.70 Å². The lowest BCUT2D eigenvalue weighted by atomic mass is 9.99. The predicted molar refractivity (Wildman–Crippen MR) is 101 cm³/mol. The van der Waals surface area contributed by atoms with Gasteiger partial charge in [0.05, 0.1) is 14.2 Å². The third-order valence-electron chi connectivity index (χ3n) is 4.66. The average Bonchev–Trinajstić information content (AvgIpc) is 2.91. The summed E-state index contributed by atoms with van der Waals surface area (Å²) in [6.07, 6.45) is 5.86. The van der Waals surface area contributed by atoms with E-state index in [0.29, 0.717) is 24.0 Å². The van der Waals surface area contributed by atoms with Crippen molar-refractivity contribution in [2.24, 2.45) is 5.92 Å². The summed E-state index contributed by atoms with van der Waals surface area (Å²) in [6.45, 7) is 4.70. The second-order valence-electron chi connectivity index (χ2n) is 6.43. The van der Waals surface area contributed by atoms with Gasteiger partial charge in [-0.2, -0.15) is 0 Å². The van der Waals surface area contributed by atoms with Crippen LogP contribution < -0.4 is 14.8 Å². The molecule has 0 radical (unpaired) electrons. The normalized spacial score (nSPS) is 16.8. The van der Waals surface area contributed by atoms with Crippen LogP contribution in [0.1, 0.15) is 45.1 Å². The largest absolute Gasteiger partial charge is 0.493 e. The minimum absolute atomic E-state index is 0.278. The maximum absolute atomic E-state index is 12.6. The van der Waals surface area contributed by atoms with Crippen LogP contribution >= 0.6 is 0 Å². The van der Waals surface area contributed by atoms with Gasteiger partial charge in [0, 0.05) is 6.54 Å². The lowest BCUT2D eigenvalue weighted by Crippen LogP contribution is -2.35. The first-order valence-electron chi connectivity index (χ1n) is 9.10. The summed E-state index contributed by atoms with van der Waals surface area (Å²) in [5, 5.41) is 2.68. The van der Waals surface area contributed by atoms with Gasteiger partial charge in [-0.1, -0.05) is 39.2 Å². The molecule has 1 fully saturated rings. The molecule has 0 bridgehead atoms. The van der Waals surface area contributed by atoms with E-state index in [1.165, 1.54) is 4.90 Å². The number of benzene rings is 1. The zero-order valence-electron chi connectivity index (χ0n) is 16.0. The number of hydrogen-bond donors (Lipinski definition) is 1. The highest BCUT2D eigenvalue weighted by atomic mass is 16.5. The van der Waals surface area contributed by atoms with E-state index in [1.807, 2.05) is 6.07 Å². The van der Waals surface area contributed by atoms with E-state index in [-0.39, 0.29) is 17.6 Å². The molecule has 1 heterocycles. The van der Waals surface area contributed by atoms with Gasteiger partial charge in [-0.25, -0.2) is 4.79 Å². The quantitative estimate of drug-likeness (QED) is 0.537. The summed E-state index contributed by atoms with van der Waals surface area (Å²) in [5.41, 5.74) is 1.04. The second-order valence-corrected chi connectivity index (χ2v) is 6.43. The number of imide groups is 1. The molecule has 0 spiro atoms. The van der Waals surface area contributed by atoms with Crippen molar-refractivity contribution in [1.82, 2.24) is 10.2 Å². The summed E-state index contributed by atoms with van der Waals surface area (Å²) < 4.78 is 10.5. The molecule has 142 valence electrons. The van der Waals surface area contributed by atoms with Crippen LogP contribution in [-0.2, 0) is 4.79 Å². The second kappa shape index (κ2) is 9.27. The Labute approximate surface area is 155 Å². The minimum atomic E-state index is -0.350. The maximum atomic E-state index is 12.6. The highest BCUT2D eigenvalue weighted by Crippen LogP contribution is 2.29. The third-order valence-corrected chi connectivity index (χ3v) is 4.66. The van der Waals surface area contributed by atoms with Crippen LogP contribution in [0.2, 0.25) is 0 Å². The number of methoxy groups -OCH3 is 2. The van der Waals surface area contributed by atoms with Crippen LogP contribution in [0.15, 0.2) is 23.9 Å². The number of nitrogens with zero attached hydrogens (tertiary/aromatic N) is 1. The monoisotopic (exact) mass is 360 g/mol. The smallest absolute Gasteiger partial charge is 0.329 e. The summed E-state index contributed by atoms with van der Waals surface area (Å²) >= 11 is 0. The molecule has 1 saturated heterocycles. The van der Waals surface area contributed by atoms with E-state index in [1.54, 1.807) is 32.4 Å². The topological polar surface area (TPSA) is 67.9 Å². The highest BCUT2D eigenvalue weighted by Gasteiger charge is 2.34. The summed E-state index contributed by atoms with van der Waals surface area (Å²) in [4.78, 5) is 26.2. The van der Waals surface area contributed by atoms with Gasteiger partial charge in [0.25, 0.3) is 5.91 Å². The van der Waals surface area contributed by atoms with Gasteiger partial charge in [-0.15, -0.1) is 0 Å². The Bertz CT molecular complexity index is 684. The van der Waals surface area contributed by atoms with Crippen molar-refractivity contribution in [3.8, 4) is 11.5 Å². The number of ether oxygens (including phenoxy) is 2. The van der Waals surface area contributed by atoms with Gasteiger partial charge in [-0.05, 0) is 36.1 Å². The fraction of sp³-hybridized carbons (Fsp3) is 0.500. The SMILES string of the molecule is CCCCC(CC)CN1C(=O)NC(=Cc2ccc(OC)c(OC)c2)C1=O. The molecule has 0 saturated carbocycles. The fourth-order valence-corrected chi connectivity index (χ4v) is 3.02. The number of nitrogens with one attached hydrogen (secondary N) is 1.